The molecule has 0 radical (unpaired) electrons. The van der Waals surface area contributed by atoms with Crippen molar-refractivity contribution in [1.82, 2.24) is 0 Å². The van der Waals surface area contributed by atoms with Crippen LogP contribution in [0.3, 0.4) is 0 Å². The van der Waals surface area contributed by atoms with Gasteiger partial charge in [0, 0.05) is 0 Å². The predicted octanol–water partition coefficient (Wildman–Crippen LogP) is -0.298. The maximum absolute atomic E-state index is 11.8. The molecule has 1 rings (SSSR count). The van der Waals surface area contributed by atoms with E-state index < -0.39 is 26.8 Å². The molecule has 0 aromatic heterocycles. The van der Waals surface area contributed by atoms with Crippen LogP contribution in [0.25, 0.3) is 0 Å². The van der Waals surface area contributed by atoms with Crippen molar-refractivity contribution in [3.05, 3.63) is 0 Å². The molecule has 0 amide bonds. The van der Waals surface area contributed by atoms with Crippen molar-refractivity contribution in [3.63, 3.8) is 0 Å². The summed E-state index contributed by atoms with van der Waals surface area (Å²) in [6, 6.07) is 0. The Morgan fingerprint density at radius 2 is 2.13 bits per heavy atom. The average Bonchev–Trinajstić information content (AvgIpc) is 2.65. The molecule has 0 aromatic carbocycles. The van der Waals surface area contributed by atoms with Crippen molar-refractivity contribution in [2.75, 3.05) is 19.4 Å². The zero-order valence-corrected chi connectivity index (χ0v) is 9.63. The van der Waals surface area contributed by atoms with Gasteiger partial charge in [0.15, 0.2) is 9.84 Å². The Hall–Kier alpha value is -0.620. The first-order valence-corrected chi connectivity index (χ1v) is 6.71. The molecule has 1 fully saturated rings. The standard InChI is InChI=1S/C9H17NO4S/c1-14-9(11)6-15(12,13)8-4-2-3-7(8)5-10/h7-8H,2-6,10H2,1H3. The molecule has 1 aliphatic carbocycles. The molecule has 2 N–H and O–H groups in total. The van der Waals surface area contributed by atoms with E-state index in [0.717, 1.165) is 12.8 Å². The van der Waals surface area contributed by atoms with Gasteiger partial charge in [0.25, 0.3) is 0 Å². The first kappa shape index (κ1) is 12.4. The van der Waals surface area contributed by atoms with E-state index in [-0.39, 0.29) is 5.92 Å². The van der Waals surface area contributed by atoms with Crippen LogP contribution in [-0.2, 0) is 19.4 Å². The number of methoxy groups -OCH3 is 1. The van der Waals surface area contributed by atoms with Crippen LogP contribution in [-0.4, -0.2) is 39.0 Å². The fourth-order valence-corrected chi connectivity index (χ4v) is 4.10. The summed E-state index contributed by atoms with van der Waals surface area (Å²) in [4.78, 5) is 10.9. The molecule has 0 aromatic rings. The lowest BCUT2D eigenvalue weighted by molar-refractivity contribution is -0.137. The quantitative estimate of drug-likeness (QED) is 0.676. The zero-order chi connectivity index (χ0) is 11.5. The molecule has 6 heteroatoms. The summed E-state index contributed by atoms with van der Waals surface area (Å²) in [7, 11) is -2.20. The van der Waals surface area contributed by atoms with Gasteiger partial charge < -0.3 is 10.5 Å². The van der Waals surface area contributed by atoms with Crippen molar-refractivity contribution in [2.45, 2.75) is 24.5 Å². The summed E-state index contributed by atoms with van der Waals surface area (Å²) in [5.74, 6) is -1.22. The lowest BCUT2D eigenvalue weighted by atomic mass is 10.1. The van der Waals surface area contributed by atoms with E-state index in [2.05, 4.69) is 4.74 Å². The lowest BCUT2D eigenvalue weighted by Crippen LogP contribution is -2.34. The second-order valence-corrected chi connectivity index (χ2v) is 6.07. The Labute approximate surface area is 89.9 Å². The number of sulfone groups is 1. The van der Waals surface area contributed by atoms with E-state index in [1.165, 1.54) is 7.11 Å². The topological polar surface area (TPSA) is 86.5 Å². The molecule has 5 nitrogen and oxygen atoms in total. The minimum absolute atomic E-state index is 0.000318. The van der Waals surface area contributed by atoms with E-state index in [4.69, 9.17) is 5.73 Å². The molecular weight excluding hydrogens is 218 g/mol. The molecular formula is C9H17NO4S. The van der Waals surface area contributed by atoms with Gasteiger partial charge in [-0.15, -0.1) is 0 Å². The second-order valence-electron chi connectivity index (χ2n) is 3.85. The van der Waals surface area contributed by atoms with Crippen molar-refractivity contribution in [1.29, 1.82) is 0 Å². The van der Waals surface area contributed by atoms with Crippen LogP contribution in [0, 0.1) is 5.92 Å². The first-order valence-electron chi connectivity index (χ1n) is 4.99. The number of nitrogens with two attached hydrogens (primary N) is 1. The van der Waals surface area contributed by atoms with Gasteiger partial charge in [0.2, 0.25) is 0 Å². The van der Waals surface area contributed by atoms with Gasteiger partial charge >= 0.3 is 5.97 Å². The fourth-order valence-electron chi connectivity index (χ4n) is 2.08. The van der Waals surface area contributed by atoms with Crippen LogP contribution >= 0.6 is 0 Å². The maximum atomic E-state index is 11.8. The Kier molecular flexibility index (Phi) is 4.10. The number of hydrogen-bond donors (Lipinski definition) is 1. The SMILES string of the molecule is COC(=O)CS(=O)(=O)C1CCCC1CN. The van der Waals surface area contributed by atoms with Crippen molar-refractivity contribution >= 4 is 15.8 Å². The second kappa shape index (κ2) is 4.94. The average molecular weight is 235 g/mol. The van der Waals surface area contributed by atoms with E-state index in [1.807, 2.05) is 0 Å². The van der Waals surface area contributed by atoms with E-state index in [1.54, 1.807) is 0 Å². The summed E-state index contributed by atoms with van der Waals surface area (Å²) in [6.45, 7) is 0.366. The van der Waals surface area contributed by atoms with Crippen molar-refractivity contribution in [2.24, 2.45) is 11.7 Å². The Morgan fingerprint density at radius 3 is 2.67 bits per heavy atom. The van der Waals surface area contributed by atoms with Crippen LogP contribution in [0.2, 0.25) is 0 Å². The highest BCUT2D eigenvalue weighted by Crippen LogP contribution is 2.30. The van der Waals surface area contributed by atoms with Crippen LogP contribution in [0.15, 0.2) is 0 Å². The molecule has 0 spiro atoms. The number of hydrogen-bond acceptors (Lipinski definition) is 5. The van der Waals surface area contributed by atoms with Crippen LogP contribution in [0.4, 0.5) is 0 Å². The summed E-state index contributed by atoms with van der Waals surface area (Å²) in [6.07, 6.45) is 2.32. The smallest absolute Gasteiger partial charge is 0.320 e. The monoisotopic (exact) mass is 235 g/mol. The predicted molar refractivity (Wildman–Crippen MR) is 56.0 cm³/mol. The third kappa shape index (κ3) is 2.92. The number of carbonyl (C=O) groups is 1. The van der Waals surface area contributed by atoms with Gasteiger partial charge in [0.05, 0.1) is 12.4 Å². The van der Waals surface area contributed by atoms with Crippen molar-refractivity contribution in [3.8, 4) is 0 Å². The zero-order valence-electron chi connectivity index (χ0n) is 8.81. The highest BCUT2D eigenvalue weighted by molar-refractivity contribution is 7.92. The van der Waals surface area contributed by atoms with Gasteiger partial charge in [0.1, 0.15) is 5.75 Å². The maximum Gasteiger partial charge on any atom is 0.320 e. The number of esters is 1. The third-order valence-electron chi connectivity index (χ3n) is 2.90. The minimum Gasteiger partial charge on any atom is -0.468 e. The summed E-state index contributed by atoms with van der Waals surface area (Å²) < 4.78 is 28.0. The number of carbonyl (C=O) groups excluding carboxylic acids is 1. The number of ether oxygens (including phenoxy) is 1. The minimum atomic E-state index is -3.39. The van der Waals surface area contributed by atoms with Gasteiger partial charge in [-0.05, 0) is 25.3 Å². The lowest BCUT2D eigenvalue weighted by Gasteiger charge is -2.17. The van der Waals surface area contributed by atoms with Gasteiger partial charge in [-0.25, -0.2) is 8.42 Å². The first-order chi connectivity index (χ1) is 7.01. The Bertz CT molecular complexity index is 325. The highest BCUT2D eigenvalue weighted by Gasteiger charge is 2.37. The molecule has 1 aliphatic rings. The molecule has 0 saturated heterocycles. The molecule has 0 heterocycles. The summed E-state index contributed by atoms with van der Waals surface area (Å²) >= 11 is 0. The summed E-state index contributed by atoms with van der Waals surface area (Å²) in [5.41, 5.74) is 5.50. The van der Waals surface area contributed by atoms with Crippen LogP contribution in [0.5, 0.6) is 0 Å². The van der Waals surface area contributed by atoms with Gasteiger partial charge in [-0.1, -0.05) is 6.42 Å². The fraction of sp³-hybridized carbons (Fsp3) is 0.889. The molecule has 2 atom stereocenters. The van der Waals surface area contributed by atoms with Crippen LogP contribution in [0.1, 0.15) is 19.3 Å². The highest BCUT2D eigenvalue weighted by atomic mass is 32.2. The molecule has 15 heavy (non-hydrogen) atoms. The Morgan fingerprint density at radius 1 is 1.47 bits per heavy atom. The molecule has 2 unspecified atom stereocenters. The molecule has 0 bridgehead atoms. The van der Waals surface area contributed by atoms with E-state index >= 15 is 0 Å². The Balaban J connectivity index is 2.72. The van der Waals surface area contributed by atoms with E-state index in [0.29, 0.717) is 13.0 Å². The van der Waals surface area contributed by atoms with E-state index in [9.17, 15) is 13.2 Å². The normalized spacial score (nSPS) is 26.5. The molecule has 1 saturated carbocycles. The molecule has 0 aliphatic heterocycles. The van der Waals surface area contributed by atoms with Crippen LogP contribution < -0.4 is 5.73 Å². The summed E-state index contributed by atoms with van der Waals surface area (Å²) in [5, 5.41) is -0.457. The number of rotatable bonds is 4. The molecule has 88 valence electrons. The van der Waals surface area contributed by atoms with Crippen molar-refractivity contribution < 1.29 is 17.9 Å². The van der Waals surface area contributed by atoms with Gasteiger partial charge in [-0.2, -0.15) is 0 Å². The third-order valence-corrected chi connectivity index (χ3v) is 5.08. The van der Waals surface area contributed by atoms with Gasteiger partial charge in [-0.3, -0.25) is 4.79 Å². The largest absolute Gasteiger partial charge is 0.468 e.